The zero-order valence-electron chi connectivity index (χ0n) is 12.0. The summed E-state index contributed by atoms with van der Waals surface area (Å²) in [6, 6.07) is 0. The second-order valence-corrected chi connectivity index (χ2v) is 4.23. The predicted octanol–water partition coefficient (Wildman–Crippen LogP) is 0.959. The van der Waals surface area contributed by atoms with E-state index in [1.807, 2.05) is 6.92 Å². The molecule has 0 aromatic rings. The van der Waals surface area contributed by atoms with Gasteiger partial charge in [-0.3, -0.25) is 0 Å². The fourth-order valence-corrected chi connectivity index (χ4v) is 1.55. The van der Waals surface area contributed by atoms with Gasteiger partial charge in [0.05, 0.1) is 31.8 Å². The summed E-state index contributed by atoms with van der Waals surface area (Å²) in [5.74, 6) is 7.26. The van der Waals surface area contributed by atoms with Crippen molar-refractivity contribution in [2.75, 3.05) is 52.9 Å². The third kappa shape index (κ3) is 8.59. The first-order valence-corrected chi connectivity index (χ1v) is 6.36. The second-order valence-electron chi connectivity index (χ2n) is 4.23. The highest BCUT2D eigenvalue weighted by Crippen LogP contribution is 2.20. The first kappa shape index (κ1) is 18.5. The van der Waals surface area contributed by atoms with Crippen LogP contribution in [-0.4, -0.2) is 52.9 Å². The summed E-state index contributed by atoms with van der Waals surface area (Å²) in [5, 5.41) is 0. The smallest absolute Gasteiger partial charge is 0.107 e. The van der Waals surface area contributed by atoms with E-state index in [1.165, 1.54) is 0 Å². The van der Waals surface area contributed by atoms with Gasteiger partial charge >= 0.3 is 0 Å². The van der Waals surface area contributed by atoms with Crippen LogP contribution >= 0.6 is 0 Å². The summed E-state index contributed by atoms with van der Waals surface area (Å²) in [6.07, 6.45) is 15.5. The summed E-state index contributed by atoms with van der Waals surface area (Å²) < 4.78 is 21.8. The van der Waals surface area contributed by atoms with Gasteiger partial charge in [-0.1, -0.05) is 17.8 Å². The van der Waals surface area contributed by atoms with Crippen LogP contribution in [0.25, 0.3) is 0 Å². The summed E-state index contributed by atoms with van der Waals surface area (Å²) in [4.78, 5) is 0. The van der Waals surface area contributed by atoms with Crippen molar-refractivity contribution in [3.63, 3.8) is 0 Å². The third-order valence-corrected chi connectivity index (χ3v) is 2.39. The molecule has 0 amide bonds. The molecule has 0 radical (unpaired) electrons. The zero-order chi connectivity index (χ0) is 15.1. The molecule has 0 spiro atoms. The molecule has 4 nitrogen and oxygen atoms in total. The molecule has 0 aliphatic carbocycles. The van der Waals surface area contributed by atoms with E-state index in [2.05, 4.69) is 17.8 Å². The Bertz CT molecular complexity index is 306. The van der Waals surface area contributed by atoms with E-state index in [-0.39, 0.29) is 19.8 Å². The molecule has 4 heteroatoms. The van der Waals surface area contributed by atoms with Crippen LogP contribution in [0.15, 0.2) is 0 Å². The van der Waals surface area contributed by atoms with Crippen molar-refractivity contribution in [2.24, 2.45) is 5.41 Å². The Morgan fingerprint density at radius 3 is 1.35 bits per heavy atom. The highest BCUT2D eigenvalue weighted by Gasteiger charge is 2.32. The highest BCUT2D eigenvalue weighted by molar-refractivity contribution is 4.88. The minimum absolute atomic E-state index is 0.220. The molecule has 0 aromatic carbocycles. The van der Waals surface area contributed by atoms with Gasteiger partial charge in [-0.2, -0.15) is 0 Å². The van der Waals surface area contributed by atoms with Crippen LogP contribution < -0.4 is 0 Å². The van der Waals surface area contributed by atoms with Gasteiger partial charge in [0, 0.05) is 6.61 Å². The lowest BCUT2D eigenvalue weighted by molar-refractivity contribution is -0.0944. The molecule has 0 N–H and O–H groups in total. The fourth-order valence-electron chi connectivity index (χ4n) is 1.55. The Labute approximate surface area is 122 Å². The highest BCUT2D eigenvalue weighted by atomic mass is 16.5. The quantitative estimate of drug-likeness (QED) is 0.393. The Balaban J connectivity index is 4.62. The first-order valence-electron chi connectivity index (χ1n) is 6.36. The second kappa shape index (κ2) is 12.5. The molecule has 0 heterocycles. The van der Waals surface area contributed by atoms with Crippen molar-refractivity contribution in [3.05, 3.63) is 0 Å². The van der Waals surface area contributed by atoms with Crippen molar-refractivity contribution >= 4 is 0 Å². The molecule has 0 atom stereocenters. The topological polar surface area (TPSA) is 36.9 Å². The average Bonchev–Trinajstić information content (AvgIpc) is 2.46. The van der Waals surface area contributed by atoms with E-state index in [0.717, 1.165) is 0 Å². The van der Waals surface area contributed by atoms with Gasteiger partial charge in [0.1, 0.15) is 19.8 Å². The largest absolute Gasteiger partial charge is 0.381 e. The van der Waals surface area contributed by atoms with E-state index in [0.29, 0.717) is 33.0 Å². The molecule has 20 heavy (non-hydrogen) atoms. The average molecular weight is 278 g/mol. The van der Waals surface area contributed by atoms with Gasteiger partial charge in [0.25, 0.3) is 0 Å². The number of hydrogen-bond acceptors (Lipinski definition) is 4. The molecule has 0 aliphatic heterocycles. The molecule has 0 rings (SSSR count). The van der Waals surface area contributed by atoms with Crippen LogP contribution in [0.4, 0.5) is 0 Å². The number of rotatable bonds is 12. The Morgan fingerprint density at radius 2 is 1.05 bits per heavy atom. The third-order valence-electron chi connectivity index (χ3n) is 2.39. The van der Waals surface area contributed by atoms with E-state index in [1.54, 1.807) is 0 Å². The van der Waals surface area contributed by atoms with E-state index >= 15 is 0 Å². The maximum Gasteiger partial charge on any atom is 0.107 e. The SMILES string of the molecule is C#CCOCC(COCC)(COCC#C)COCC#C. The maximum absolute atomic E-state index is 5.50. The van der Waals surface area contributed by atoms with Crippen LogP contribution in [0.2, 0.25) is 0 Å². The van der Waals surface area contributed by atoms with Crippen molar-refractivity contribution in [1.82, 2.24) is 0 Å². The summed E-state index contributed by atoms with van der Waals surface area (Å²) >= 11 is 0. The monoisotopic (exact) mass is 278 g/mol. The van der Waals surface area contributed by atoms with Crippen molar-refractivity contribution in [1.29, 1.82) is 0 Å². The van der Waals surface area contributed by atoms with Gasteiger partial charge in [-0.05, 0) is 6.92 Å². The molecule has 0 fully saturated rings. The van der Waals surface area contributed by atoms with Crippen LogP contribution in [0, 0.1) is 42.4 Å². The van der Waals surface area contributed by atoms with Crippen LogP contribution in [0.1, 0.15) is 6.92 Å². The molecule has 0 bridgehead atoms. The molecular weight excluding hydrogens is 256 g/mol. The van der Waals surface area contributed by atoms with Crippen molar-refractivity contribution in [3.8, 4) is 37.0 Å². The number of ether oxygens (including phenoxy) is 4. The first-order chi connectivity index (χ1) is 9.74. The molecule has 0 saturated carbocycles. The Morgan fingerprint density at radius 1 is 0.700 bits per heavy atom. The zero-order valence-corrected chi connectivity index (χ0v) is 12.0. The molecule has 110 valence electrons. The Kier molecular flexibility index (Phi) is 11.6. The summed E-state index contributed by atoms with van der Waals surface area (Å²) in [5.41, 5.74) is -0.472. The predicted molar refractivity (Wildman–Crippen MR) is 77.9 cm³/mol. The molecular formula is C16H22O4. The normalized spacial score (nSPS) is 10.5. The van der Waals surface area contributed by atoms with E-state index < -0.39 is 5.41 Å². The summed E-state index contributed by atoms with van der Waals surface area (Å²) in [7, 11) is 0. The lowest BCUT2D eigenvalue weighted by atomic mass is 9.92. The minimum atomic E-state index is -0.472. The van der Waals surface area contributed by atoms with Gasteiger partial charge < -0.3 is 18.9 Å². The fraction of sp³-hybridized carbons (Fsp3) is 0.625. The standard InChI is InChI=1S/C16H22O4/c1-5-9-18-13-16(12-17-8-4,14-19-10-6-2)15-20-11-7-3/h1-3H,8-15H2,4H3. The lowest BCUT2D eigenvalue weighted by Gasteiger charge is -2.32. The minimum Gasteiger partial charge on any atom is -0.381 e. The van der Waals surface area contributed by atoms with Gasteiger partial charge in [-0.15, -0.1) is 19.3 Å². The van der Waals surface area contributed by atoms with Crippen molar-refractivity contribution in [2.45, 2.75) is 6.92 Å². The van der Waals surface area contributed by atoms with Gasteiger partial charge in [0.15, 0.2) is 0 Å². The molecule has 0 saturated heterocycles. The number of hydrogen-bond donors (Lipinski definition) is 0. The lowest BCUT2D eigenvalue weighted by Crippen LogP contribution is -2.42. The van der Waals surface area contributed by atoms with Gasteiger partial charge in [-0.25, -0.2) is 0 Å². The molecule has 0 unspecified atom stereocenters. The summed E-state index contributed by atoms with van der Waals surface area (Å²) in [6.45, 7) is 4.64. The molecule has 0 aliphatic rings. The van der Waals surface area contributed by atoms with Crippen LogP contribution in [-0.2, 0) is 18.9 Å². The molecule has 0 aromatic heterocycles. The van der Waals surface area contributed by atoms with Crippen molar-refractivity contribution < 1.29 is 18.9 Å². The van der Waals surface area contributed by atoms with Crippen LogP contribution in [0.3, 0.4) is 0 Å². The van der Waals surface area contributed by atoms with E-state index in [9.17, 15) is 0 Å². The maximum atomic E-state index is 5.50. The van der Waals surface area contributed by atoms with Gasteiger partial charge in [0.2, 0.25) is 0 Å². The van der Waals surface area contributed by atoms with Crippen LogP contribution in [0.5, 0.6) is 0 Å². The Hall–Kier alpha value is -1.48. The van der Waals surface area contributed by atoms with E-state index in [4.69, 9.17) is 38.2 Å². The number of terminal acetylenes is 3.